The lowest BCUT2D eigenvalue weighted by Gasteiger charge is -2.16. The number of non-ortho nitro benzene ring substituents is 2. The molecule has 290 valence electrons. The molecule has 1 heterocycles. The molecule has 0 spiro atoms. The van der Waals surface area contributed by atoms with Gasteiger partial charge in [-0.05, 0) is 60.0 Å². The van der Waals surface area contributed by atoms with Gasteiger partial charge >= 0.3 is 0 Å². The number of rotatable bonds is 20. The zero-order valence-corrected chi connectivity index (χ0v) is 37.3. The van der Waals surface area contributed by atoms with Crippen molar-refractivity contribution in [2.45, 2.75) is 97.6 Å². The van der Waals surface area contributed by atoms with E-state index < -0.39 is 34.1 Å². The molecule has 0 aliphatic rings. The third-order valence-corrected chi connectivity index (χ3v) is 13.5. The van der Waals surface area contributed by atoms with Gasteiger partial charge in [-0.2, -0.15) is 5.10 Å². The number of nitro groups is 2. The average Bonchev–Trinajstić information content (AvgIpc) is 3.30. The van der Waals surface area contributed by atoms with Crippen molar-refractivity contribution in [2.75, 3.05) is 33.4 Å². The third-order valence-electron chi connectivity index (χ3n) is 7.75. The number of nitrogens with zero attached hydrogens (tertiary/aromatic N) is 4. The monoisotopic (exact) mass is 840 g/mol. The molecule has 52 heavy (non-hydrogen) atoms. The minimum Gasteiger partial charge on any atom is -0.467 e. The van der Waals surface area contributed by atoms with Crippen LogP contribution in [-0.2, 0) is 20.9 Å². The second kappa shape index (κ2) is 20.5. The highest BCUT2D eigenvalue weighted by atomic mass is 79.9. The maximum absolute atomic E-state index is 11.3. The van der Waals surface area contributed by atoms with E-state index in [1.807, 2.05) is 18.5 Å². The fourth-order valence-corrected chi connectivity index (χ4v) is 7.12. The van der Waals surface area contributed by atoms with Crippen molar-refractivity contribution in [1.82, 2.24) is 9.78 Å². The van der Waals surface area contributed by atoms with Crippen LogP contribution in [0.5, 0.6) is 11.5 Å². The van der Waals surface area contributed by atoms with Gasteiger partial charge in [0, 0.05) is 73.0 Å². The Hall–Kier alpha value is -2.94. The number of hydrogen-bond donors (Lipinski definition) is 0. The van der Waals surface area contributed by atoms with E-state index in [1.54, 1.807) is 12.1 Å². The molecule has 13 nitrogen and oxygen atoms in total. The van der Waals surface area contributed by atoms with Crippen LogP contribution in [0.25, 0.3) is 11.1 Å². The zero-order valence-electron chi connectivity index (χ0n) is 32.7. The van der Waals surface area contributed by atoms with Crippen LogP contribution >= 0.6 is 15.9 Å². The van der Waals surface area contributed by atoms with E-state index in [2.05, 4.69) is 80.0 Å². The van der Waals surface area contributed by atoms with Crippen LogP contribution in [0, 0.1) is 34.1 Å². The predicted molar refractivity (Wildman–Crippen MR) is 218 cm³/mol. The third kappa shape index (κ3) is 16.8. The van der Waals surface area contributed by atoms with Gasteiger partial charge in [-0.25, -0.2) is 4.68 Å². The summed E-state index contributed by atoms with van der Waals surface area (Å²) >= 11 is 3.28. The highest BCUT2D eigenvalue weighted by Gasteiger charge is 2.21. The highest BCUT2D eigenvalue weighted by molar-refractivity contribution is 9.10. The summed E-state index contributed by atoms with van der Waals surface area (Å²) in [5.41, 5.74) is 3.39. The Bertz CT molecular complexity index is 1620. The molecule has 0 N–H and O–H groups in total. The minimum absolute atomic E-state index is 0.000277. The van der Waals surface area contributed by atoms with Crippen molar-refractivity contribution in [3.8, 4) is 22.6 Å². The van der Waals surface area contributed by atoms with E-state index in [4.69, 9.17) is 23.7 Å². The van der Waals surface area contributed by atoms with Crippen LogP contribution < -0.4 is 9.47 Å². The van der Waals surface area contributed by atoms with Gasteiger partial charge in [0.2, 0.25) is 0 Å². The molecular formula is C35H57BrN4O9Si3. The molecule has 0 unspecified atom stereocenters. The molecule has 0 saturated heterocycles. The minimum atomic E-state index is -1.20. The molecule has 0 aliphatic heterocycles. The topological polar surface area (TPSA) is 150 Å². The van der Waals surface area contributed by atoms with Crippen molar-refractivity contribution in [1.29, 1.82) is 0 Å². The molecule has 1 aromatic heterocycles. The molecule has 17 heteroatoms. The smallest absolute Gasteiger partial charge is 0.273 e. The number of ether oxygens (including phenoxy) is 5. The summed E-state index contributed by atoms with van der Waals surface area (Å²) in [6.07, 6.45) is 0. The van der Waals surface area contributed by atoms with Crippen LogP contribution in [0.4, 0.5) is 11.4 Å². The summed E-state index contributed by atoms with van der Waals surface area (Å²) in [4.78, 5) is 21.1. The van der Waals surface area contributed by atoms with E-state index in [0.29, 0.717) is 42.5 Å². The van der Waals surface area contributed by atoms with Crippen molar-refractivity contribution >= 4 is 51.5 Å². The number of nitro benzene ring substituents is 2. The fourth-order valence-electron chi connectivity index (χ4n) is 4.49. The van der Waals surface area contributed by atoms with E-state index >= 15 is 0 Å². The number of aromatic nitrogens is 2. The first-order chi connectivity index (χ1) is 24.1. The molecular weight excluding hydrogens is 785 g/mol. The SMILES string of the molecule is C[Si](C)(C)CCOCOc1cc([N+](=O)[O-])ccc1Br.Cc1nn(COCC[Si](C)(C)C)c(C)c1-c1ccc([N+](=O)[O-])cc1OCOCC[Si](C)(C)C. The van der Waals surface area contributed by atoms with Crippen molar-refractivity contribution in [3.63, 3.8) is 0 Å². The summed E-state index contributed by atoms with van der Waals surface area (Å²) in [5, 5.41) is 26.6. The fraction of sp³-hybridized carbons (Fsp3) is 0.571. The van der Waals surface area contributed by atoms with E-state index in [1.165, 1.54) is 24.3 Å². The first-order valence-electron chi connectivity index (χ1n) is 17.3. The van der Waals surface area contributed by atoms with E-state index in [0.717, 1.165) is 40.6 Å². The lowest BCUT2D eigenvalue weighted by molar-refractivity contribution is -0.385. The van der Waals surface area contributed by atoms with Gasteiger partial charge in [0.25, 0.3) is 11.4 Å². The molecule has 0 bridgehead atoms. The molecule has 3 rings (SSSR count). The van der Waals surface area contributed by atoms with E-state index in [9.17, 15) is 20.2 Å². The van der Waals surface area contributed by atoms with Gasteiger partial charge in [0.05, 0.1) is 32.1 Å². The highest BCUT2D eigenvalue weighted by Crippen LogP contribution is 2.37. The first-order valence-corrected chi connectivity index (χ1v) is 29.2. The number of hydrogen-bond acceptors (Lipinski definition) is 10. The molecule has 2 aromatic carbocycles. The van der Waals surface area contributed by atoms with Gasteiger partial charge in [0.1, 0.15) is 18.2 Å². The van der Waals surface area contributed by atoms with Gasteiger partial charge < -0.3 is 23.7 Å². The van der Waals surface area contributed by atoms with Crippen LogP contribution in [0.3, 0.4) is 0 Å². The first kappa shape index (κ1) is 45.2. The van der Waals surface area contributed by atoms with Crippen molar-refractivity contribution in [2.24, 2.45) is 0 Å². The van der Waals surface area contributed by atoms with Crippen molar-refractivity contribution in [3.05, 3.63) is 72.5 Å². The van der Waals surface area contributed by atoms with Gasteiger partial charge in [-0.3, -0.25) is 20.2 Å². The zero-order chi connectivity index (χ0) is 39.3. The number of benzene rings is 2. The van der Waals surface area contributed by atoms with Crippen LogP contribution in [0.15, 0.2) is 40.9 Å². The lowest BCUT2D eigenvalue weighted by Crippen LogP contribution is -2.22. The summed E-state index contributed by atoms with van der Waals surface area (Å²) in [7, 11) is -3.46. The quantitative estimate of drug-likeness (QED) is 0.0354. The molecule has 0 amide bonds. The van der Waals surface area contributed by atoms with Crippen LogP contribution in [0.2, 0.25) is 77.1 Å². The van der Waals surface area contributed by atoms with Crippen LogP contribution in [-0.4, -0.2) is 77.3 Å². The maximum Gasteiger partial charge on any atom is 0.273 e. The van der Waals surface area contributed by atoms with Gasteiger partial charge in [0.15, 0.2) is 13.6 Å². The average molecular weight is 842 g/mol. The Balaban J connectivity index is 0.000000418. The Labute approximate surface area is 319 Å². The van der Waals surface area contributed by atoms with Gasteiger partial charge in [-0.1, -0.05) is 58.9 Å². The molecule has 0 radical (unpaired) electrons. The summed E-state index contributed by atoms with van der Waals surface area (Å²) in [6, 6.07) is 12.3. The molecule has 0 saturated carbocycles. The van der Waals surface area contributed by atoms with Crippen LogP contribution in [0.1, 0.15) is 11.4 Å². The second-order valence-electron chi connectivity index (χ2n) is 16.2. The summed E-state index contributed by atoms with van der Waals surface area (Å²) < 4.78 is 30.7. The molecule has 0 fully saturated rings. The molecule has 0 aliphatic carbocycles. The normalized spacial score (nSPS) is 11.9. The molecule has 3 aromatic rings. The largest absolute Gasteiger partial charge is 0.467 e. The Morgan fingerprint density at radius 3 is 1.62 bits per heavy atom. The summed E-state index contributed by atoms with van der Waals surface area (Å²) in [5.74, 6) is 0.838. The Morgan fingerprint density at radius 1 is 0.692 bits per heavy atom. The standard InChI is InChI=1S/C23H39N3O5Si2.C12H18BrNO4Si/c1-18-23(19(2)25(24-18)16-29-11-13-32(3,4)5)21-10-9-20(26(27)28)15-22(21)31-17-30-12-14-33(6,7)8;1-19(2,3)7-6-17-9-18-12-8-10(14(15)16)4-5-11(12)13/h9-10,15H,11-14,16-17H2,1-8H3;4-5,8H,6-7,9H2,1-3H3. The summed E-state index contributed by atoms with van der Waals surface area (Å²) in [6.45, 7) is 27.1. The predicted octanol–water partition coefficient (Wildman–Crippen LogP) is 10.1. The Morgan fingerprint density at radius 2 is 1.13 bits per heavy atom. The number of halogens is 1. The second-order valence-corrected chi connectivity index (χ2v) is 33.9. The van der Waals surface area contributed by atoms with E-state index in [-0.39, 0.29) is 25.0 Å². The molecule has 0 atom stereocenters. The van der Waals surface area contributed by atoms with Gasteiger partial charge in [-0.15, -0.1) is 0 Å². The maximum atomic E-state index is 11.3. The Kier molecular flexibility index (Phi) is 17.8. The number of aryl methyl sites for hydroxylation is 1. The van der Waals surface area contributed by atoms with Crippen molar-refractivity contribution < 1.29 is 33.5 Å². The lowest BCUT2D eigenvalue weighted by atomic mass is 10.0.